The Balaban J connectivity index is 0.00000192. The number of hydrogen-bond donors (Lipinski definition) is 1. The fraction of sp³-hybridized carbons (Fsp3) is 0.533. The second-order valence-electron chi connectivity index (χ2n) is 5.63. The number of hydrogen-bond acceptors (Lipinski definition) is 5. The summed E-state index contributed by atoms with van der Waals surface area (Å²) in [5.41, 5.74) is 7.67. The molecule has 8 heteroatoms. The monoisotopic (exact) mass is 372 g/mol. The van der Waals surface area contributed by atoms with E-state index in [1.54, 1.807) is 10.5 Å². The highest BCUT2D eigenvalue weighted by Crippen LogP contribution is 2.21. The quantitative estimate of drug-likeness (QED) is 0.662. The molecule has 3 rings (SSSR count). The van der Waals surface area contributed by atoms with Crippen molar-refractivity contribution in [3.05, 3.63) is 33.2 Å². The number of thioether (sulfide) groups is 1. The Morgan fingerprint density at radius 1 is 1.48 bits per heavy atom. The Bertz CT molecular complexity index is 750. The first-order valence-corrected chi connectivity index (χ1v) is 9.43. The number of thiazole rings is 1. The first-order valence-electron chi connectivity index (χ1n) is 7.56. The summed E-state index contributed by atoms with van der Waals surface area (Å²) in [7, 11) is 0. The molecule has 126 valence electrons. The summed E-state index contributed by atoms with van der Waals surface area (Å²) in [5.74, 6) is 0.588. The van der Waals surface area contributed by atoms with Gasteiger partial charge in [-0.2, -0.15) is 0 Å². The summed E-state index contributed by atoms with van der Waals surface area (Å²) in [6, 6.07) is 1.97. The summed E-state index contributed by atoms with van der Waals surface area (Å²) in [5, 5.41) is 2.55. The molecule has 2 aromatic rings. The van der Waals surface area contributed by atoms with E-state index >= 15 is 0 Å². The summed E-state index contributed by atoms with van der Waals surface area (Å²) >= 11 is 2.96. The van der Waals surface area contributed by atoms with Crippen molar-refractivity contribution < 1.29 is 0 Å². The highest BCUT2D eigenvalue weighted by molar-refractivity contribution is 8.13. The average Bonchev–Trinajstić information content (AvgIpc) is 2.88. The minimum atomic E-state index is -0.0258. The van der Waals surface area contributed by atoms with Gasteiger partial charge in [-0.25, -0.2) is 4.98 Å². The number of aromatic nitrogens is 2. The average molecular weight is 373 g/mol. The van der Waals surface area contributed by atoms with Gasteiger partial charge >= 0.3 is 0 Å². The highest BCUT2D eigenvalue weighted by atomic mass is 35.5. The summed E-state index contributed by atoms with van der Waals surface area (Å²) in [4.78, 5) is 22.0. The molecule has 0 bridgehead atoms. The second kappa shape index (κ2) is 8.17. The van der Waals surface area contributed by atoms with Gasteiger partial charge in [0.25, 0.3) is 5.56 Å². The third-order valence-corrected chi connectivity index (χ3v) is 5.67. The van der Waals surface area contributed by atoms with Crippen molar-refractivity contribution in [3.63, 3.8) is 0 Å². The zero-order chi connectivity index (χ0) is 15.5. The zero-order valence-electron chi connectivity index (χ0n) is 13.0. The number of aryl methyl sites for hydroxylation is 1. The van der Waals surface area contributed by atoms with Crippen LogP contribution in [0.5, 0.6) is 0 Å². The zero-order valence-corrected chi connectivity index (χ0v) is 15.5. The minimum absolute atomic E-state index is 0. The summed E-state index contributed by atoms with van der Waals surface area (Å²) < 4.78 is 1.64. The molecular weight excluding hydrogens is 352 g/mol. The van der Waals surface area contributed by atoms with E-state index in [-0.39, 0.29) is 18.0 Å². The molecule has 0 aromatic carbocycles. The van der Waals surface area contributed by atoms with Gasteiger partial charge in [0, 0.05) is 22.9 Å². The van der Waals surface area contributed by atoms with Gasteiger partial charge in [-0.05, 0) is 19.8 Å². The molecule has 0 spiro atoms. The molecule has 1 aliphatic carbocycles. The highest BCUT2D eigenvalue weighted by Gasteiger charge is 2.13. The maximum absolute atomic E-state index is 12.1. The van der Waals surface area contributed by atoms with Crippen LogP contribution in [0.15, 0.2) is 21.2 Å². The smallest absolute Gasteiger partial charge is 0.258 e. The summed E-state index contributed by atoms with van der Waals surface area (Å²) in [6.07, 6.45) is 6.09. The van der Waals surface area contributed by atoms with Crippen LogP contribution in [-0.2, 0) is 5.75 Å². The number of amidine groups is 1. The molecule has 0 unspecified atom stereocenters. The molecule has 1 fully saturated rings. The fourth-order valence-corrected chi connectivity index (χ4v) is 4.31. The predicted octanol–water partition coefficient (Wildman–Crippen LogP) is 3.37. The molecule has 0 radical (unpaired) electrons. The maximum atomic E-state index is 12.1. The fourth-order valence-electron chi connectivity index (χ4n) is 2.75. The van der Waals surface area contributed by atoms with Crippen molar-refractivity contribution in [1.29, 1.82) is 0 Å². The van der Waals surface area contributed by atoms with Crippen molar-refractivity contribution in [2.24, 2.45) is 10.7 Å². The lowest BCUT2D eigenvalue weighted by Gasteiger charge is -2.17. The number of nitrogens with two attached hydrogens (primary N) is 1. The van der Waals surface area contributed by atoms with Crippen LogP contribution in [0, 0.1) is 6.92 Å². The Morgan fingerprint density at radius 2 is 2.22 bits per heavy atom. The van der Waals surface area contributed by atoms with Crippen LogP contribution in [-0.4, -0.2) is 20.6 Å². The van der Waals surface area contributed by atoms with Gasteiger partial charge < -0.3 is 5.73 Å². The Labute approximate surface area is 149 Å². The molecule has 23 heavy (non-hydrogen) atoms. The van der Waals surface area contributed by atoms with Crippen LogP contribution in [0.3, 0.4) is 0 Å². The molecule has 1 saturated carbocycles. The minimum Gasteiger partial charge on any atom is -0.379 e. The largest absolute Gasteiger partial charge is 0.379 e. The van der Waals surface area contributed by atoms with E-state index in [0.717, 1.165) is 29.2 Å². The molecule has 0 atom stereocenters. The first-order chi connectivity index (χ1) is 10.6. The molecule has 1 aliphatic rings. The Kier molecular flexibility index (Phi) is 6.50. The molecule has 0 amide bonds. The van der Waals surface area contributed by atoms with Crippen molar-refractivity contribution in [2.75, 3.05) is 0 Å². The molecule has 2 aromatic heterocycles. The third-order valence-electron chi connectivity index (χ3n) is 3.88. The van der Waals surface area contributed by atoms with E-state index < -0.39 is 0 Å². The van der Waals surface area contributed by atoms with Crippen LogP contribution >= 0.6 is 35.5 Å². The van der Waals surface area contributed by atoms with Gasteiger partial charge in [0.05, 0.1) is 11.7 Å². The predicted molar refractivity (Wildman–Crippen MR) is 101 cm³/mol. The second-order valence-corrected chi connectivity index (χ2v) is 7.46. The lowest BCUT2D eigenvalue weighted by Crippen LogP contribution is -2.17. The van der Waals surface area contributed by atoms with Gasteiger partial charge in [-0.3, -0.25) is 14.2 Å². The van der Waals surface area contributed by atoms with Gasteiger partial charge in [0.1, 0.15) is 0 Å². The van der Waals surface area contributed by atoms with Crippen molar-refractivity contribution in [1.82, 2.24) is 9.38 Å². The van der Waals surface area contributed by atoms with Crippen molar-refractivity contribution in [3.8, 4) is 0 Å². The first kappa shape index (κ1) is 18.3. The van der Waals surface area contributed by atoms with E-state index in [9.17, 15) is 4.79 Å². The number of rotatable bonds is 3. The van der Waals surface area contributed by atoms with E-state index in [1.807, 2.05) is 12.3 Å². The number of fused-ring (bicyclic) bond motifs is 1. The van der Waals surface area contributed by atoms with Crippen molar-refractivity contribution in [2.45, 2.75) is 50.8 Å². The Morgan fingerprint density at radius 3 is 2.96 bits per heavy atom. The standard InChI is InChI=1S/C15H20N4OS2.ClH/c1-10-8-22-15-18-12(7-13(20)19(10)15)9-21-14(16)17-11-5-3-2-4-6-11;/h7-8,11H,2-6,9H2,1H3,(H2,16,17);1H. The lowest BCUT2D eigenvalue weighted by molar-refractivity contribution is 0.444. The van der Waals surface area contributed by atoms with Gasteiger partial charge in [0.15, 0.2) is 10.1 Å². The van der Waals surface area contributed by atoms with Gasteiger partial charge in [0.2, 0.25) is 0 Å². The van der Waals surface area contributed by atoms with Crippen LogP contribution in [0.25, 0.3) is 4.96 Å². The van der Waals surface area contributed by atoms with Crippen LogP contribution in [0.2, 0.25) is 0 Å². The number of halogens is 1. The molecule has 0 saturated heterocycles. The molecule has 5 nitrogen and oxygen atoms in total. The third kappa shape index (κ3) is 4.49. The van der Waals surface area contributed by atoms with Crippen LogP contribution in [0.4, 0.5) is 0 Å². The van der Waals surface area contributed by atoms with E-state index in [0.29, 0.717) is 17.0 Å². The van der Waals surface area contributed by atoms with Gasteiger partial charge in [-0.15, -0.1) is 23.7 Å². The number of nitrogens with zero attached hydrogens (tertiary/aromatic N) is 3. The van der Waals surface area contributed by atoms with E-state index in [1.165, 1.54) is 42.4 Å². The van der Waals surface area contributed by atoms with Crippen molar-refractivity contribution >= 4 is 45.6 Å². The SMILES string of the molecule is Cc1csc2nc(CSC(N)=NC3CCCCC3)cc(=O)n12.Cl. The maximum Gasteiger partial charge on any atom is 0.258 e. The van der Waals surface area contributed by atoms with E-state index in [4.69, 9.17) is 5.73 Å². The van der Waals surface area contributed by atoms with Crippen LogP contribution < -0.4 is 11.3 Å². The lowest BCUT2D eigenvalue weighted by atomic mass is 9.96. The molecule has 2 heterocycles. The van der Waals surface area contributed by atoms with Crippen LogP contribution in [0.1, 0.15) is 43.5 Å². The Hall–Kier alpha value is -1.05. The topological polar surface area (TPSA) is 72.8 Å². The number of aliphatic imine (C=N–C) groups is 1. The molecule has 0 aliphatic heterocycles. The molecule has 2 N–H and O–H groups in total. The van der Waals surface area contributed by atoms with Gasteiger partial charge in [-0.1, -0.05) is 31.0 Å². The summed E-state index contributed by atoms with van der Waals surface area (Å²) in [6.45, 7) is 1.91. The normalized spacial score (nSPS) is 16.5. The van der Waals surface area contributed by atoms with E-state index in [2.05, 4.69) is 9.98 Å². The molecular formula is C15H21ClN4OS2.